The van der Waals surface area contributed by atoms with Crippen LogP contribution >= 0.6 is 0 Å². The zero-order chi connectivity index (χ0) is 15.4. The molecule has 6 heteroatoms. The van der Waals surface area contributed by atoms with Crippen molar-refractivity contribution in [2.24, 2.45) is 0 Å². The third kappa shape index (κ3) is 3.81. The molecule has 0 unspecified atom stereocenters. The smallest absolute Gasteiger partial charge is 0.251 e. The fraction of sp³-hybridized carbons (Fsp3) is 0.400. The van der Waals surface area contributed by atoms with Crippen LogP contribution in [-0.2, 0) is 6.54 Å². The first-order valence-corrected chi connectivity index (χ1v) is 6.89. The molecule has 2 N–H and O–H groups in total. The Morgan fingerprint density at radius 1 is 1.38 bits per heavy atom. The van der Waals surface area contributed by atoms with Crippen LogP contribution in [0, 0.1) is 6.92 Å². The van der Waals surface area contributed by atoms with E-state index in [1.165, 1.54) is 0 Å². The summed E-state index contributed by atoms with van der Waals surface area (Å²) in [7, 11) is 1.78. The first kappa shape index (κ1) is 15.0. The normalized spacial score (nSPS) is 10.7. The van der Waals surface area contributed by atoms with Gasteiger partial charge in [-0.2, -0.15) is 0 Å². The van der Waals surface area contributed by atoms with Gasteiger partial charge >= 0.3 is 0 Å². The van der Waals surface area contributed by atoms with Crippen molar-refractivity contribution in [3.05, 3.63) is 41.2 Å². The summed E-state index contributed by atoms with van der Waals surface area (Å²) in [5.41, 5.74) is 1.44. The molecule has 0 saturated heterocycles. The van der Waals surface area contributed by atoms with Crippen molar-refractivity contribution in [3.8, 4) is 0 Å². The predicted molar refractivity (Wildman–Crippen MR) is 80.3 cm³/mol. The number of nitrogens with one attached hydrogen (secondary N) is 2. The number of nitrogens with zero attached hydrogens (tertiary/aromatic N) is 2. The second-order valence-corrected chi connectivity index (χ2v) is 5.12. The highest BCUT2D eigenvalue weighted by atomic mass is 16.4. The number of hydrogen-bond donors (Lipinski definition) is 2. The van der Waals surface area contributed by atoms with Gasteiger partial charge in [-0.1, -0.05) is 13.8 Å². The highest BCUT2D eigenvalue weighted by Gasteiger charge is 2.12. The molecule has 0 aliphatic rings. The van der Waals surface area contributed by atoms with E-state index in [1.54, 1.807) is 19.3 Å². The van der Waals surface area contributed by atoms with Gasteiger partial charge in [0.05, 0.1) is 12.7 Å². The standard InChI is InChI=1S/C15H20N4O2/c1-9(2)12-5-11(6-13(16-4)19-12)15(20)18-8-14-17-7-10(3)21-14/h5-7,9H,8H2,1-4H3,(H,16,19)(H,18,20). The van der Waals surface area contributed by atoms with Gasteiger partial charge in [-0.05, 0) is 25.0 Å². The van der Waals surface area contributed by atoms with Gasteiger partial charge in [0.15, 0.2) is 0 Å². The van der Waals surface area contributed by atoms with Crippen LogP contribution in [0.2, 0.25) is 0 Å². The van der Waals surface area contributed by atoms with Crippen LogP contribution < -0.4 is 10.6 Å². The molecule has 2 rings (SSSR count). The van der Waals surface area contributed by atoms with E-state index in [2.05, 4.69) is 20.6 Å². The molecular weight excluding hydrogens is 268 g/mol. The second kappa shape index (κ2) is 6.39. The van der Waals surface area contributed by atoms with Gasteiger partial charge in [0.1, 0.15) is 11.6 Å². The van der Waals surface area contributed by atoms with Crippen molar-refractivity contribution in [2.75, 3.05) is 12.4 Å². The van der Waals surface area contributed by atoms with Crippen LogP contribution in [0.25, 0.3) is 0 Å². The number of carbonyl (C=O) groups is 1. The summed E-state index contributed by atoms with van der Waals surface area (Å²) in [4.78, 5) is 20.7. The number of pyridine rings is 1. The van der Waals surface area contributed by atoms with E-state index in [4.69, 9.17) is 4.42 Å². The average molecular weight is 288 g/mol. The maximum Gasteiger partial charge on any atom is 0.251 e. The lowest BCUT2D eigenvalue weighted by Crippen LogP contribution is -2.23. The molecule has 0 radical (unpaired) electrons. The molecule has 0 aliphatic carbocycles. The number of aryl methyl sites for hydroxylation is 1. The molecule has 1 amide bonds. The molecule has 2 aromatic heterocycles. The number of aromatic nitrogens is 2. The Kier molecular flexibility index (Phi) is 4.57. The van der Waals surface area contributed by atoms with E-state index in [9.17, 15) is 4.79 Å². The molecule has 2 heterocycles. The Balaban J connectivity index is 2.12. The Labute approximate surface area is 124 Å². The fourth-order valence-electron chi connectivity index (χ4n) is 1.85. The minimum atomic E-state index is -0.174. The van der Waals surface area contributed by atoms with Crippen molar-refractivity contribution in [3.63, 3.8) is 0 Å². The summed E-state index contributed by atoms with van der Waals surface area (Å²) in [5.74, 6) is 1.97. The molecule has 6 nitrogen and oxygen atoms in total. The van der Waals surface area contributed by atoms with Crippen LogP contribution in [0.1, 0.15) is 47.5 Å². The molecule has 2 aromatic rings. The molecule has 0 aliphatic heterocycles. The van der Waals surface area contributed by atoms with Gasteiger partial charge in [0.2, 0.25) is 5.89 Å². The van der Waals surface area contributed by atoms with Gasteiger partial charge in [0, 0.05) is 18.3 Å². The van der Waals surface area contributed by atoms with Crippen molar-refractivity contribution in [2.45, 2.75) is 33.2 Å². The van der Waals surface area contributed by atoms with Gasteiger partial charge in [-0.15, -0.1) is 0 Å². The number of rotatable bonds is 5. The summed E-state index contributed by atoms with van der Waals surface area (Å²) in [6.07, 6.45) is 1.63. The van der Waals surface area contributed by atoms with Crippen molar-refractivity contribution in [1.82, 2.24) is 15.3 Å². The van der Waals surface area contributed by atoms with Gasteiger partial charge in [0.25, 0.3) is 5.91 Å². The quantitative estimate of drug-likeness (QED) is 0.883. The zero-order valence-corrected chi connectivity index (χ0v) is 12.7. The molecule has 0 spiro atoms. The fourth-order valence-corrected chi connectivity index (χ4v) is 1.85. The van der Waals surface area contributed by atoms with E-state index in [1.807, 2.05) is 26.8 Å². The third-order valence-electron chi connectivity index (χ3n) is 3.02. The lowest BCUT2D eigenvalue weighted by Gasteiger charge is -2.10. The SMILES string of the molecule is CNc1cc(C(=O)NCc2ncc(C)o2)cc(C(C)C)n1. The summed E-state index contributed by atoms with van der Waals surface area (Å²) in [6.45, 7) is 6.16. The van der Waals surface area contributed by atoms with Crippen LogP contribution in [-0.4, -0.2) is 22.9 Å². The number of amides is 1. The van der Waals surface area contributed by atoms with Gasteiger partial charge in [-0.3, -0.25) is 4.79 Å². The lowest BCUT2D eigenvalue weighted by molar-refractivity contribution is 0.0947. The predicted octanol–water partition coefficient (Wildman–Crippen LogP) is 2.47. The third-order valence-corrected chi connectivity index (χ3v) is 3.02. The van der Waals surface area contributed by atoms with Gasteiger partial charge in [-0.25, -0.2) is 9.97 Å². The van der Waals surface area contributed by atoms with Crippen LogP contribution in [0.5, 0.6) is 0 Å². The summed E-state index contributed by atoms with van der Waals surface area (Å²) < 4.78 is 5.33. The molecule has 0 saturated carbocycles. The van der Waals surface area contributed by atoms with E-state index in [0.29, 0.717) is 17.3 Å². The maximum atomic E-state index is 12.2. The monoisotopic (exact) mass is 288 g/mol. The Hall–Kier alpha value is -2.37. The molecule has 0 fully saturated rings. The second-order valence-electron chi connectivity index (χ2n) is 5.12. The number of carbonyl (C=O) groups excluding carboxylic acids is 1. The Morgan fingerprint density at radius 2 is 2.14 bits per heavy atom. The highest BCUT2D eigenvalue weighted by molar-refractivity contribution is 5.94. The molecule has 0 aromatic carbocycles. The number of hydrogen-bond acceptors (Lipinski definition) is 5. The van der Waals surface area contributed by atoms with Crippen molar-refractivity contribution >= 4 is 11.7 Å². The molecule has 21 heavy (non-hydrogen) atoms. The van der Waals surface area contributed by atoms with Crippen LogP contribution in [0.3, 0.4) is 0 Å². The van der Waals surface area contributed by atoms with Crippen LogP contribution in [0.15, 0.2) is 22.7 Å². The van der Waals surface area contributed by atoms with E-state index in [0.717, 1.165) is 11.5 Å². The van der Waals surface area contributed by atoms with E-state index < -0.39 is 0 Å². The Morgan fingerprint density at radius 3 is 2.71 bits per heavy atom. The first-order chi connectivity index (χ1) is 9.99. The van der Waals surface area contributed by atoms with Crippen molar-refractivity contribution < 1.29 is 9.21 Å². The summed E-state index contributed by atoms with van der Waals surface area (Å²) in [6, 6.07) is 3.53. The average Bonchev–Trinajstić information content (AvgIpc) is 2.89. The summed E-state index contributed by atoms with van der Waals surface area (Å²) >= 11 is 0. The number of anilines is 1. The van der Waals surface area contributed by atoms with E-state index >= 15 is 0 Å². The Bertz CT molecular complexity index is 634. The minimum absolute atomic E-state index is 0.174. The maximum absolute atomic E-state index is 12.2. The highest BCUT2D eigenvalue weighted by Crippen LogP contribution is 2.17. The first-order valence-electron chi connectivity index (χ1n) is 6.89. The topological polar surface area (TPSA) is 80.0 Å². The lowest BCUT2D eigenvalue weighted by atomic mass is 10.1. The van der Waals surface area contributed by atoms with Crippen molar-refractivity contribution in [1.29, 1.82) is 0 Å². The molecule has 112 valence electrons. The zero-order valence-electron chi connectivity index (χ0n) is 12.7. The summed E-state index contributed by atoms with van der Waals surface area (Å²) in [5, 5.41) is 5.77. The number of oxazole rings is 1. The molecule has 0 bridgehead atoms. The van der Waals surface area contributed by atoms with E-state index in [-0.39, 0.29) is 18.4 Å². The van der Waals surface area contributed by atoms with Gasteiger partial charge < -0.3 is 15.1 Å². The molecule has 0 atom stereocenters. The minimum Gasteiger partial charge on any atom is -0.444 e. The largest absolute Gasteiger partial charge is 0.444 e. The van der Waals surface area contributed by atoms with Crippen LogP contribution in [0.4, 0.5) is 5.82 Å². The molecular formula is C15H20N4O2.